The van der Waals surface area contributed by atoms with Gasteiger partial charge < -0.3 is 4.90 Å². The number of aryl methyl sites for hydroxylation is 2. The fraction of sp³-hybridized carbons (Fsp3) is 0.429. The van der Waals surface area contributed by atoms with Crippen LogP contribution in [0.25, 0.3) is 0 Å². The van der Waals surface area contributed by atoms with Gasteiger partial charge in [0.25, 0.3) is 0 Å². The summed E-state index contributed by atoms with van der Waals surface area (Å²) in [4.78, 5) is 6.71. The van der Waals surface area contributed by atoms with Crippen LogP contribution in [0.5, 0.6) is 0 Å². The summed E-state index contributed by atoms with van der Waals surface area (Å²) in [6.45, 7) is 7.91. The molecule has 0 saturated carbocycles. The minimum absolute atomic E-state index is 0.712. The average Bonchev–Trinajstić information content (AvgIpc) is 2.29. The largest absolute Gasteiger partial charge is 0.351 e. The van der Waals surface area contributed by atoms with Gasteiger partial charge in [-0.1, -0.05) is 11.6 Å². The van der Waals surface area contributed by atoms with E-state index in [9.17, 15) is 5.26 Å². The SMILES string of the molecule is CC1=CCN(c2nc(C)cc(C)c2C#N)CC1. The van der Waals surface area contributed by atoms with Crippen molar-refractivity contribution in [3.8, 4) is 6.07 Å². The second-order valence-electron chi connectivity index (χ2n) is 4.64. The Labute approximate surface area is 102 Å². The predicted octanol–water partition coefficient (Wildman–Crippen LogP) is 2.73. The first kappa shape index (κ1) is 11.7. The zero-order valence-electron chi connectivity index (χ0n) is 10.6. The summed E-state index contributed by atoms with van der Waals surface area (Å²) < 4.78 is 0. The smallest absolute Gasteiger partial charge is 0.147 e. The van der Waals surface area contributed by atoms with Crippen LogP contribution in [0.15, 0.2) is 17.7 Å². The monoisotopic (exact) mass is 227 g/mol. The van der Waals surface area contributed by atoms with Crippen LogP contribution in [0, 0.1) is 25.2 Å². The second-order valence-corrected chi connectivity index (χ2v) is 4.64. The minimum Gasteiger partial charge on any atom is -0.351 e. The fourth-order valence-electron chi connectivity index (χ4n) is 2.15. The van der Waals surface area contributed by atoms with Gasteiger partial charge in [-0.2, -0.15) is 5.26 Å². The zero-order valence-corrected chi connectivity index (χ0v) is 10.6. The van der Waals surface area contributed by atoms with Crippen LogP contribution in [0.4, 0.5) is 5.82 Å². The molecule has 0 amide bonds. The maximum Gasteiger partial charge on any atom is 0.147 e. The van der Waals surface area contributed by atoms with Crippen molar-refractivity contribution in [1.29, 1.82) is 5.26 Å². The van der Waals surface area contributed by atoms with E-state index in [2.05, 4.69) is 29.0 Å². The zero-order chi connectivity index (χ0) is 12.4. The first-order valence-electron chi connectivity index (χ1n) is 5.90. The Hall–Kier alpha value is -1.82. The summed E-state index contributed by atoms with van der Waals surface area (Å²) >= 11 is 0. The molecule has 2 heterocycles. The van der Waals surface area contributed by atoms with Crippen LogP contribution in [-0.2, 0) is 0 Å². The summed E-state index contributed by atoms with van der Waals surface area (Å²) in [6, 6.07) is 4.24. The highest BCUT2D eigenvalue weighted by Crippen LogP contribution is 2.24. The molecule has 0 bridgehead atoms. The molecule has 0 radical (unpaired) electrons. The number of nitrogens with zero attached hydrogens (tertiary/aromatic N) is 3. The molecule has 2 rings (SSSR count). The fourth-order valence-corrected chi connectivity index (χ4v) is 2.15. The Morgan fingerprint density at radius 3 is 2.71 bits per heavy atom. The molecule has 0 fully saturated rings. The summed E-state index contributed by atoms with van der Waals surface area (Å²) in [7, 11) is 0. The van der Waals surface area contributed by atoms with Crippen LogP contribution in [0.1, 0.15) is 30.2 Å². The molecule has 0 spiro atoms. The van der Waals surface area contributed by atoms with Gasteiger partial charge in [-0.05, 0) is 38.8 Å². The average molecular weight is 227 g/mol. The van der Waals surface area contributed by atoms with Crippen molar-refractivity contribution < 1.29 is 0 Å². The van der Waals surface area contributed by atoms with Crippen molar-refractivity contribution in [1.82, 2.24) is 4.98 Å². The molecule has 0 atom stereocenters. The second kappa shape index (κ2) is 4.58. The Kier molecular flexibility index (Phi) is 3.14. The lowest BCUT2D eigenvalue weighted by atomic mass is 10.1. The van der Waals surface area contributed by atoms with Crippen LogP contribution < -0.4 is 4.90 Å². The highest BCUT2D eigenvalue weighted by Gasteiger charge is 2.17. The Bertz CT molecular complexity index is 509. The van der Waals surface area contributed by atoms with Gasteiger partial charge in [0, 0.05) is 18.8 Å². The third kappa shape index (κ3) is 2.31. The molecule has 1 aromatic rings. The molecule has 0 saturated heterocycles. The van der Waals surface area contributed by atoms with E-state index in [4.69, 9.17) is 0 Å². The Morgan fingerprint density at radius 2 is 2.12 bits per heavy atom. The molecule has 17 heavy (non-hydrogen) atoms. The highest BCUT2D eigenvalue weighted by atomic mass is 15.2. The van der Waals surface area contributed by atoms with Crippen molar-refractivity contribution in [2.75, 3.05) is 18.0 Å². The Morgan fingerprint density at radius 1 is 1.35 bits per heavy atom. The van der Waals surface area contributed by atoms with E-state index in [0.29, 0.717) is 5.56 Å². The first-order valence-corrected chi connectivity index (χ1v) is 5.90. The van der Waals surface area contributed by atoms with Crippen molar-refractivity contribution >= 4 is 5.82 Å². The van der Waals surface area contributed by atoms with Crippen LogP contribution in [0.3, 0.4) is 0 Å². The van der Waals surface area contributed by atoms with Crippen molar-refractivity contribution in [3.05, 3.63) is 34.5 Å². The number of hydrogen-bond acceptors (Lipinski definition) is 3. The molecule has 88 valence electrons. The van der Waals surface area contributed by atoms with Crippen LogP contribution in [-0.4, -0.2) is 18.1 Å². The van der Waals surface area contributed by atoms with Crippen molar-refractivity contribution in [2.24, 2.45) is 0 Å². The maximum absolute atomic E-state index is 9.24. The normalized spacial score (nSPS) is 15.4. The van der Waals surface area contributed by atoms with Crippen LogP contribution in [0.2, 0.25) is 0 Å². The Balaban J connectivity index is 2.42. The van der Waals surface area contributed by atoms with E-state index in [1.54, 1.807) is 0 Å². The van der Waals surface area contributed by atoms with E-state index >= 15 is 0 Å². The number of hydrogen-bond donors (Lipinski definition) is 0. The summed E-state index contributed by atoms with van der Waals surface area (Å²) in [5, 5.41) is 9.24. The summed E-state index contributed by atoms with van der Waals surface area (Å²) in [5.74, 6) is 0.841. The van der Waals surface area contributed by atoms with Crippen molar-refractivity contribution in [2.45, 2.75) is 27.2 Å². The van der Waals surface area contributed by atoms with Gasteiger partial charge in [0.15, 0.2) is 0 Å². The van der Waals surface area contributed by atoms with E-state index in [0.717, 1.165) is 36.6 Å². The van der Waals surface area contributed by atoms with Gasteiger partial charge >= 0.3 is 0 Å². The summed E-state index contributed by atoms with van der Waals surface area (Å²) in [6.07, 6.45) is 3.27. The van der Waals surface area contributed by atoms with E-state index in [-0.39, 0.29) is 0 Å². The predicted molar refractivity (Wildman–Crippen MR) is 69.0 cm³/mol. The first-order chi connectivity index (χ1) is 8.11. The lowest BCUT2D eigenvalue weighted by molar-refractivity contribution is 0.771. The van der Waals surface area contributed by atoms with E-state index < -0.39 is 0 Å². The molecule has 0 N–H and O–H groups in total. The molecule has 1 aliphatic heterocycles. The maximum atomic E-state index is 9.24. The molecule has 1 aromatic heterocycles. The third-order valence-corrected chi connectivity index (χ3v) is 3.17. The van der Waals surface area contributed by atoms with Gasteiger partial charge in [0.1, 0.15) is 11.9 Å². The van der Waals surface area contributed by atoms with Gasteiger partial charge in [-0.25, -0.2) is 4.98 Å². The molecular weight excluding hydrogens is 210 g/mol. The third-order valence-electron chi connectivity index (χ3n) is 3.17. The molecule has 1 aliphatic rings. The standard InChI is InChI=1S/C14H17N3/c1-10-4-6-17(7-5-10)14-13(9-15)11(2)8-12(3)16-14/h4,8H,5-7H2,1-3H3. The van der Waals surface area contributed by atoms with Gasteiger partial charge in [0.05, 0.1) is 5.56 Å². The topological polar surface area (TPSA) is 39.9 Å². The van der Waals surface area contributed by atoms with Crippen molar-refractivity contribution in [3.63, 3.8) is 0 Å². The van der Waals surface area contributed by atoms with E-state index in [1.165, 1.54) is 5.57 Å². The molecule has 0 aromatic carbocycles. The summed E-state index contributed by atoms with van der Waals surface area (Å²) in [5.41, 5.74) is 4.12. The molecule has 0 aliphatic carbocycles. The quantitative estimate of drug-likeness (QED) is 0.692. The minimum atomic E-state index is 0.712. The lowest BCUT2D eigenvalue weighted by Gasteiger charge is -2.27. The molecule has 0 unspecified atom stereocenters. The molecule has 3 heteroatoms. The number of rotatable bonds is 1. The molecule has 3 nitrogen and oxygen atoms in total. The number of nitriles is 1. The molecular formula is C14H17N3. The van der Waals surface area contributed by atoms with Gasteiger partial charge in [-0.15, -0.1) is 0 Å². The number of anilines is 1. The van der Waals surface area contributed by atoms with E-state index in [1.807, 2.05) is 19.9 Å². The number of pyridine rings is 1. The lowest BCUT2D eigenvalue weighted by Crippen LogP contribution is -2.30. The van der Waals surface area contributed by atoms with Gasteiger partial charge in [-0.3, -0.25) is 0 Å². The van der Waals surface area contributed by atoms with Crippen LogP contribution >= 0.6 is 0 Å². The highest BCUT2D eigenvalue weighted by molar-refractivity contribution is 5.58. The van der Waals surface area contributed by atoms with Gasteiger partial charge in [0.2, 0.25) is 0 Å². The number of aromatic nitrogens is 1.